The Kier molecular flexibility index (Phi) is 3.80. The first kappa shape index (κ1) is 13.9. The normalized spacial score (nSPS) is 11.2. The summed E-state index contributed by atoms with van der Waals surface area (Å²) in [6, 6.07) is 7.28. The molecule has 0 saturated carbocycles. The Morgan fingerprint density at radius 1 is 1.26 bits per heavy atom. The summed E-state index contributed by atoms with van der Waals surface area (Å²) >= 11 is 1.84. The van der Waals surface area contributed by atoms with Gasteiger partial charge in [0.05, 0.1) is 10.5 Å². The highest BCUT2D eigenvalue weighted by molar-refractivity contribution is 14.1. The third-order valence-corrected chi connectivity index (χ3v) is 4.57. The van der Waals surface area contributed by atoms with E-state index in [1.165, 1.54) is 29.2 Å². The van der Waals surface area contributed by atoms with Gasteiger partial charge in [0, 0.05) is 16.0 Å². The van der Waals surface area contributed by atoms with Crippen LogP contribution in [0.5, 0.6) is 0 Å². The predicted octanol–water partition coefficient (Wildman–Crippen LogP) is 1.72. The van der Waals surface area contributed by atoms with Crippen LogP contribution in [0.2, 0.25) is 0 Å². The first-order valence-electron chi connectivity index (χ1n) is 5.09. The molecule has 0 aliphatic rings. The Hall–Kier alpha value is -1.55. The second-order valence-electron chi connectivity index (χ2n) is 3.63. The molecule has 0 spiro atoms. The number of carbonyl (C=O) groups is 1. The van der Waals surface area contributed by atoms with Gasteiger partial charge in [0.1, 0.15) is 0 Å². The van der Waals surface area contributed by atoms with Crippen molar-refractivity contribution in [1.29, 1.82) is 0 Å². The number of rotatable bonds is 4. The molecule has 0 saturated heterocycles. The molecule has 0 aliphatic carbocycles. The van der Waals surface area contributed by atoms with Crippen molar-refractivity contribution in [3.05, 3.63) is 51.9 Å². The van der Waals surface area contributed by atoms with Crippen molar-refractivity contribution >= 4 is 38.6 Å². The second-order valence-corrected chi connectivity index (χ2v) is 6.45. The van der Waals surface area contributed by atoms with Gasteiger partial charge in [0.15, 0.2) is 0 Å². The average molecular weight is 392 g/mol. The molecule has 6 nitrogen and oxygen atoms in total. The van der Waals surface area contributed by atoms with Gasteiger partial charge in [-0.1, -0.05) is 0 Å². The number of nitrogens with one attached hydrogen (secondary N) is 1. The Morgan fingerprint density at radius 2 is 1.89 bits per heavy atom. The van der Waals surface area contributed by atoms with Crippen molar-refractivity contribution in [3.8, 4) is 0 Å². The Morgan fingerprint density at radius 3 is 2.47 bits per heavy atom. The minimum absolute atomic E-state index is 0.0454. The predicted molar refractivity (Wildman–Crippen MR) is 77.1 cm³/mol. The highest BCUT2D eigenvalue weighted by Gasteiger charge is 2.18. The topological polar surface area (TPSA) is 88.4 Å². The van der Waals surface area contributed by atoms with E-state index in [0.29, 0.717) is 3.57 Å². The minimum atomic E-state index is -3.81. The number of carboxylic acids is 1. The number of nitrogens with zero attached hydrogens (tertiary/aromatic N) is 1. The molecule has 0 unspecified atom stereocenters. The van der Waals surface area contributed by atoms with Gasteiger partial charge in [-0.05, 0) is 52.9 Å². The molecule has 0 aliphatic heterocycles. The van der Waals surface area contributed by atoms with Crippen LogP contribution in [-0.2, 0) is 10.0 Å². The zero-order valence-electron chi connectivity index (χ0n) is 9.45. The van der Waals surface area contributed by atoms with Crippen LogP contribution in [0.1, 0.15) is 10.4 Å². The van der Waals surface area contributed by atoms with Crippen LogP contribution in [0.25, 0.3) is 0 Å². The number of aromatic nitrogens is 1. The lowest BCUT2D eigenvalue weighted by Crippen LogP contribution is -2.22. The van der Waals surface area contributed by atoms with E-state index in [0.717, 1.165) is 6.07 Å². The van der Waals surface area contributed by atoms with Crippen LogP contribution < -0.4 is 4.83 Å². The van der Waals surface area contributed by atoms with E-state index in [-0.39, 0.29) is 10.5 Å². The molecule has 1 aromatic heterocycles. The van der Waals surface area contributed by atoms with E-state index >= 15 is 0 Å². The Bertz CT molecular complexity index is 710. The third-order valence-electron chi connectivity index (χ3n) is 2.31. The molecule has 0 radical (unpaired) electrons. The standard InChI is InChI=1S/C11H9IN2O4S/c12-10-4-3-8(7-9(10)11(15)16)19(17,18)13-14-5-1-2-6-14/h1-7,13H,(H,15,16). The summed E-state index contributed by atoms with van der Waals surface area (Å²) in [6.45, 7) is 0. The smallest absolute Gasteiger partial charge is 0.336 e. The molecular formula is C11H9IN2O4S. The number of benzene rings is 1. The Balaban J connectivity index is 2.41. The SMILES string of the molecule is O=C(O)c1cc(S(=O)(=O)Nn2cccc2)ccc1I. The molecule has 100 valence electrons. The molecular weight excluding hydrogens is 383 g/mol. The van der Waals surface area contributed by atoms with E-state index in [1.807, 2.05) is 22.6 Å². The molecule has 2 N–H and O–H groups in total. The van der Waals surface area contributed by atoms with Crippen molar-refractivity contribution < 1.29 is 18.3 Å². The zero-order valence-corrected chi connectivity index (χ0v) is 12.4. The van der Waals surface area contributed by atoms with Gasteiger partial charge in [-0.2, -0.15) is 8.42 Å². The van der Waals surface area contributed by atoms with Crippen LogP contribution in [-0.4, -0.2) is 24.2 Å². The van der Waals surface area contributed by atoms with Gasteiger partial charge in [-0.25, -0.2) is 9.63 Å². The molecule has 19 heavy (non-hydrogen) atoms. The number of halogens is 1. The molecule has 8 heteroatoms. The van der Waals surface area contributed by atoms with Crippen molar-refractivity contribution in [3.63, 3.8) is 0 Å². The van der Waals surface area contributed by atoms with E-state index in [2.05, 4.69) is 4.83 Å². The van der Waals surface area contributed by atoms with Gasteiger partial charge in [0.2, 0.25) is 0 Å². The molecule has 1 heterocycles. The van der Waals surface area contributed by atoms with E-state index in [9.17, 15) is 13.2 Å². The molecule has 2 rings (SSSR count). The molecule has 1 aromatic carbocycles. The summed E-state index contributed by atoms with van der Waals surface area (Å²) in [7, 11) is -3.81. The van der Waals surface area contributed by atoms with Crippen molar-refractivity contribution in [2.24, 2.45) is 0 Å². The maximum atomic E-state index is 12.1. The number of hydrogen-bond acceptors (Lipinski definition) is 3. The molecule has 0 fully saturated rings. The van der Waals surface area contributed by atoms with Gasteiger partial charge in [-0.15, -0.1) is 0 Å². The fourth-order valence-corrected chi connectivity index (χ4v) is 3.01. The highest BCUT2D eigenvalue weighted by Crippen LogP contribution is 2.18. The summed E-state index contributed by atoms with van der Waals surface area (Å²) in [5.74, 6) is -1.16. The zero-order chi connectivity index (χ0) is 14.0. The summed E-state index contributed by atoms with van der Waals surface area (Å²) in [4.78, 5) is 13.2. The van der Waals surface area contributed by atoms with Crippen molar-refractivity contribution in [2.45, 2.75) is 4.90 Å². The van der Waals surface area contributed by atoms with Gasteiger partial charge >= 0.3 is 5.97 Å². The monoisotopic (exact) mass is 392 g/mol. The average Bonchev–Trinajstić information content (AvgIpc) is 2.80. The summed E-state index contributed by atoms with van der Waals surface area (Å²) in [6.07, 6.45) is 3.06. The van der Waals surface area contributed by atoms with Crippen LogP contribution in [0, 0.1) is 3.57 Å². The maximum Gasteiger partial charge on any atom is 0.336 e. The molecule has 0 amide bonds. The second kappa shape index (κ2) is 5.21. The van der Waals surface area contributed by atoms with Crippen LogP contribution >= 0.6 is 22.6 Å². The van der Waals surface area contributed by atoms with Gasteiger partial charge in [0.25, 0.3) is 10.0 Å². The fourth-order valence-electron chi connectivity index (χ4n) is 1.42. The molecule has 0 atom stereocenters. The first-order chi connectivity index (χ1) is 8.90. The summed E-state index contributed by atoms with van der Waals surface area (Å²) in [5.41, 5.74) is -0.0454. The van der Waals surface area contributed by atoms with Crippen molar-refractivity contribution in [2.75, 3.05) is 4.83 Å². The van der Waals surface area contributed by atoms with Gasteiger partial charge in [-0.3, -0.25) is 4.68 Å². The van der Waals surface area contributed by atoms with Crippen LogP contribution in [0.3, 0.4) is 0 Å². The summed E-state index contributed by atoms with van der Waals surface area (Å²) in [5, 5.41) is 8.99. The van der Waals surface area contributed by atoms with E-state index in [4.69, 9.17) is 5.11 Å². The fraction of sp³-hybridized carbons (Fsp3) is 0. The largest absolute Gasteiger partial charge is 0.478 e. The number of aromatic carboxylic acids is 1. The summed E-state index contributed by atoms with van der Waals surface area (Å²) < 4.78 is 25.9. The highest BCUT2D eigenvalue weighted by atomic mass is 127. The molecule has 0 bridgehead atoms. The minimum Gasteiger partial charge on any atom is -0.478 e. The lowest BCUT2D eigenvalue weighted by Gasteiger charge is -2.09. The number of carboxylic acid groups (broad SMARTS) is 1. The van der Waals surface area contributed by atoms with Gasteiger partial charge < -0.3 is 5.11 Å². The van der Waals surface area contributed by atoms with Crippen LogP contribution in [0.15, 0.2) is 47.6 Å². The Labute approximate surface area is 123 Å². The lowest BCUT2D eigenvalue weighted by atomic mass is 10.2. The molecule has 2 aromatic rings. The van der Waals surface area contributed by atoms with E-state index in [1.54, 1.807) is 12.1 Å². The number of hydrogen-bond donors (Lipinski definition) is 2. The quantitative estimate of drug-likeness (QED) is 0.776. The van der Waals surface area contributed by atoms with Crippen LogP contribution in [0.4, 0.5) is 0 Å². The number of sulfonamides is 1. The maximum absolute atomic E-state index is 12.1. The van der Waals surface area contributed by atoms with E-state index < -0.39 is 16.0 Å². The third kappa shape index (κ3) is 3.07. The lowest BCUT2D eigenvalue weighted by molar-refractivity contribution is 0.0695. The van der Waals surface area contributed by atoms with Crippen molar-refractivity contribution in [1.82, 2.24) is 4.68 Å². The first-order valence-corrected chi connectivity index (χ1v) is 7.65.